The summed E-state index contributed by atoms with van der Waals surface area (Å²) in [5.41, 5.74) is 6.51. The van der Waals surface area contributed by atoms with Gasteiger partial charge in [-0.15, -0.1) is 11.3 Å². The summed E-state index contributed by atoms with van der Waals surface area (Å²) in [6.45, 7) is 0. The highest BCUT2D eigenvalue weighted by atomic mass is 32.1. The SMILES string of the molecule is COc1ccc(-c2ncc(C(N)=S)s2)cc1OC. The number of aromatic nitrogens is 1. The summed E-state index contributed by atoms with van der Waals surface area (Å²) in [4.78, 5) is 5.45. The van der Waals surface area contributed by atoms with Crippen molar-refractivity contribution in [3.63, 3.8) is 0 Å². The van der Waals surface area contributed by atoms with Crippen LogP contribution in [0.25, 0.3) is 10.6 Å². The molecule has 94 valence electrons. The minimum absolute atomic E-state index is 0.360. The molecule has 0 aliphatic heterocycles. The molecule has 2 N–H and O–H groups in total. The first-order valence-electron chi connectivity index (χ1n) is 5.13. The van der Waals surface area contributed by atoms with E-state index in [1.165, 1.54) is 11.3 Å². The van der Waals surface area contributed by atoms with Crippen LogP contribution in [0.3, 0.4) is 0 Å². The molecule has 18 heavy (non-hydrogen) atoms. The van der Waals surface area contributed by atoms with Gasteiger partial charge in [-0.1, -0.05) is 12.2 Å². The van der Waals surface area contributed by atoms with E-state index in [-0.39, 0.29) is 0 Å². The highest BCUT2D eigenvalue weighted by Gasteiger charge is 2.10. The molecule has 6 heteroatoms. The summed E-state index contributed by atoms with van der Waals surface area (Å²) in [6.07, 6.45) is 1.68. The van der Waals surface area contributed by atoms with Crippen LogP contribution in [-0.4, -0.2) is 24.2 Å². The van der Waals surface area contributed by atoms with Gasteiger partial charge in [-0.25, -0.2) is 4.98 Å². The van der Waals surface area contributed by atoms with E-state index in [0.717, 1.165) is 15.4 Å². The van der Waals surface area contributed by atoms with Crippen molar-refractivity contribution >= 4 is 28.5 Å². The number of nitrogens with two attached hydrogens (primary N) is 1. The lowest BCUT2D eigenvalue weighted by atomic mass is 10.2. The van der Waals surface area contributed by atoms with Crippen LogP contribution in [0.5, 0.6) is 11.5 Å². The van der Waals surface area contributed by atoms with E-state index in [4.69, 9.17) is 27.4 Å². The van der Waals surface area contributed by atoms with Gasteiger partial charge in [0.05, 0.1) is 19.1 Å². The third kappa shape index (κ3) is 2.44. The molecule has 1 heterocycles. The summed E-state index contributed by atoms with van der Waals surface area (Å²) >= 11 is 6.37. The predicted octanol–water partition coefficient (Wildman–Crippen LogP) is 2.46. The van der Waals surface area contributed by atoms with E-state index in [2.05, 4.69) is 4.98 Å². The molecule has 0 aliphatic carbocycles. The molecule has 0 saturated carbocycles. The van der Waals surface area contributed by atoms with Crippen LogP contribution in [-0.2, 0) is 0 Å². The monoisotopic (exact) mass is 280 g/mol. The summed E-state index contributed by atoms with van der Waals surface area (Å²) in [5.74, 6) is 1.36. The number of thiazole rings is 1. The molecule has 0 fully saturated rings. The first kappa shape index (κ1) is 12.8. The molecule has 4 nitrogen and oxygen atoms in total. The number of nitrogens with zero attached hydrogens (tertiary/aromatic N) is 1. The Morgan fingerprint density at radius 1 is 1.28 bits per heavy atom. The molecule has 0 saturated heterocycles. The molecule has 0 unspecified atom stereocenters. The molecule has 1 aromatic carbocycles. The Kier molecular flexibility index (Phi) is 3.78. The number of ether oxygens (including phenoxy) is 2. The van der Waals surface area contributed by atoms with Crippen molar-refractivity contribution in [2.75, 3.05) is 14.2 Å². The molecule has 0 amide bonds. The van der Waals surface area contributed by atoms with E-state index < -0.39 is 0 Å². The van der Waals surface area contributed by atoms with E-state index in [0.29, 0.717) is 16.5 Å². The Morgan fingerprint density at radius 3 is 2.56 bits per heavy atom. The lowest BCUT2D eigenvalue weighted by Gasteiger charge is -2.08. The normalized spacial score (nSPS) is 10.1. The van der Waals surface area contributed by atoms with Gasteiger partial charge in [0.2, 0.25) is 0 Å². The summed E-state index contributed by atoms with van der Waals surface area (Å²) in [6, 6.07) is 5.64. The van der Waals surface area contributed by atoms with Gasteiger partial charge in [-0.05, 0) is 18.2 Å². The van der Waals surface area contributed by atoms with Crippen LogP contribution in [0.1, 0.15) is 4.88 Å². The third-order valence-corrected chi connectivity index (χ3v) is 3.81. The maximum absolute atomic E-state index is 5.56. The smallest absolute Gasteiger partial charge is 0.161 e. The molecule has 0 bridgehead atoms. The minimum Gasteiger partial charge on any atom is -0.493 e. The van der Waals surface area contributed by atoms with Crippen LogP contribution in [0, 0.1) is 0 Å². The number of rotatable bonds is 4. The average Bonchev–Trinajstić information content (AvgIpc) is 2.87. The standard InChI is InChI=1S/C12H12N2O2S2/c1-15-8-4-3-7(5-9(8)16-2)12-14-6-10(18-12)11(13)17/h3-6H,1-2H3,(H2,13,17). The second kappa shape index (κ2) is 5.32. The third-order valence-electron chi connectivity index (χ3n) is 2.38. The van der Waals surface area contributed by atoms with Crippen LogP contribution in [0.2, 0.25) is 0 Å². The van der Waals surface area contributed by atoms with Crippen molar-refractivity contribution in [1.82, 2.24) is 4.98 Å². The van der Waals surface area contributed by atoms with Gasteiger partial charge < -0.3 is 15.2 Å². The molecule has 0 spiro atoms. The molecular weight excluding hydrogens is 268 g/mol. The zero-order valence-electron chi connectivity index (χ0n) is 9.97. The van der Waals surface area contributed by atoms with Gasteiger partial charge >= 0.3 is 0 Å². The van der Waals surface area contributed by atoms with Gasteiger partial charge in [-0.2, -0.15) is 0 Å². The summed E-state index contributed by atoms with van der Waals surface area (Å²) in [5, 5.41) is 0.846. The number of methoxy groups -OCH3 is 2. The lowest BCUT2D eigenvalue weighted by molar-refractivity contribution is 0.355. The Labute approximate surface area is 114 Å². The van der Waals surface area contributed by atoms with Crippen molar-refractivity contribution in [2.45, 2.75) is 0 Å². The largest absolute Gasteiger partial charge is 0.493 e. The molecule has 1 aromatic heterocycles. The molecule has 0 atom stereocenters. The Balaban J connectivity index is 2.41. The number of thiocarbonyl (C=S) groups is 1. The molecule has 2 aromatic rings. The van der Waals surface area contributed by atoms with E-state index in [1.54, 1.807) is 20.4 Å². The molecule has 2 rings (SSSR count). The van der Waals surface area contributed by atoms with Crippen molar-refractivity contribution < 1.29 is 9.47 Å². The van der Waals surface area contributed by atoms with Crippen molar-refractivity contribution in [2.24, 2.45) is 5.73 Å². The predicted molar refractivity (Wildman–Crippen MR) is 76.5 cm³/mol. The van der Waals surface area contributed by atoms with Gasteiger partial charge in [0.1, 0.15) is 10.00 Å². The minimum atomic E-state index is 0.360. The van der Waals surface area contributed by atoms with Crippen LogP contribution in [0.4, 0.5) is 0 Å². The Bertz CT molecular complexity index is 581. The molecule has 0 aliphatic rings. The van der Waals surface area contributed by atoms with Gasteiger partial charge in [0, 0.05) is 11.8 Å². The lowest BCUT2D eigenvalue weighted by Crippen LogP contribution is -2.06. The second-order valence-electron chi connectivity index (χ2n) is 3.46. The van der Waals surface area contributed by atoms with Crippen molar-refractivity contribution in [3.05, 3.63) is 29.3 Å². The van der Waals surface area contributed by atoms with E-state index in [9.17, 15) is 0 Å². The quantitative estimate of drug-likeness (QED) is 0.872. The highest BCUT2D eigenvalue weighted by molar-refractivity contribution is 7.81. The zero-order valence-corrected chi connectivity index (χ0v) is 11.6. The fourth-order valence-corrected chi connectivity index (χ4v) is 2.43. The first-order chi connectivity index (χ1) is 8.65. The fraction of sp³-hybridized carbons (Fsp3) is 0.167. The first-order valence-corrected chi connectivity index (χ1v) is 6.36. The van der Waals surface area contributed by atoms with Gasteiger partial charge in [-0.3, -0.25) is 0 Å². The highest BCUT2D eigenvalue weighted by Crippen LogP contribution is 2.33. The van der Waals surface area contributed by atoms with Crippen LogP contribution >= 0.6 is 23.6 Å². The van der Waals surface area contributed by atoms with E-state index >= 15 is 0 Å². The van der Waals surface area contributed by atoms with Crippen molar-refractivity contribution in [1.29, 1.82) is 0 Å². The topological polar surface area (TPSA) is 57.4 Å². The van der Waals surface area contributed by atoms with Crippen LogP contribution < -0.4 is 15.2 Å². The van der Waals surface area contributed by atoms with Gasteiger partial charge in [0.15, 0.2) is 11.5 Å². The van der Waals surface area contributed by atoms with Crippen LogP contribution in [0.15, 0.2) is 24.4 Å². The van der Waals surface area contributed by atoms with Crippen molar-refractivity contribution in [3.8, 4) is 22.1 Å². The Morgan fingerprint density at radius 2 is 2.00 bits per heavy atom. The van der Waals surface area contributed by atoms with E-state index in [1.807, 2.05) is 18.2 Å². The average molecular weight is 280 g/mol. The molecule has 0 radical (unpaired) electrons. The number of hydrogen-bond donors (Lipinski definition) is 1. The second-order valence-corrected chi connectivity index (χ2v) is 4.93. The number of benzene rings is 1. The van der Waals surface area contributed by atoms with Gasteiger partial charge in [0.25, 0.3) is 0 Å². The Hall–Kier alpha value is -1.66. The summed E-state index contributed by atoms with van der Waals surface area (Å²) in [7, 11) is 3.20. The number of hydrogen-bond acceptors (Lipinski definition) is 5. The fourth-order valence-electron chi connectivity index (χ4n) is 1.49. The summed E-state index contributed by atoms with van der Waals surface area (Å²) < 4.78 is 10.4. The maximum atomic E-state index is 5.56. The zero-order chi connectivity index (χ0) is 13.1. The maximum Gasteiger partial charge on any atom is 0.161 e. The molecular formula is C12H12N2O2S2.